The lowest BCUT2D eigenvalue weighted by Crippen LogP contribution is -1.70. The molecule has 24 valence electrons. The quantitative estimate of drug-likeness (QED) is 0.238. The number of rotatable bonds is 0. The van der Waals surface area contributed by atoms with Crippen LogP contribution in [0.2, 0.25) is 0 Å². The van der Waals surface area contributed by atoms with Gasteiger partial charge in [-0.1, -0.05) is 5.22 Å². The summed E-state index contributed by atoms with van der Waals surface area (Å²) in [5, 5.41) is 5.23. The molecule has 0 heterocycles. The van der Waals surface area contributed by atoms with Crippen molar-refractivity contribution in [3.05, 3.63) is 0 Å². The fourth-order valence-electron chi connectivity index (χ4n) is 0. The Kier molecular flexibility index (Phi) is 0.403. The van der Waals surface area contributed by atoms with Gasteiger partial charge in [0, 0.05) is 4.11 Å². The standard InChI is InChI=1S/CH5N3/c1-3-4-2/h1H3,(H2,2,3)/i1D3. The molecule has 0 fully saturated rings. The van der Waals surface area contributed by atoms with Gasteiger partial charge in [0.15, 0.2) is 0 Å². The predicted molar refractivity (Wildman–Crippen MR) is 15.0 cm³/mol. The zero-order chi connectivity index (χ0) is 5.91. The van der Waals surface area contributed by atoms with Crippen molar-refractivity contribution in [2.75, 3.05) is 6.98 Å². The molecule has 0 unspecified atom stereocenters. The molecule has 0 radical (unpaired) electrons. The maximum Gasteiger partial charge on any atom is 0.0508 e. The molecule has 0 amide bonds. The maximum atomic E-state index is 6.32. The number of nitrogens with zero attached hydrogens (tertiary/aromatic N) is 2. The van der Waals surface area contributed by atoms with Crippen LogP contribution in [0, 0.1) is 0 Å². The first-order valence-corrected chi connectivity index (χ1v) is 0.682. The van der Waals surface area contributed by atoms with E-state index in [9.17, 15) is 0 Å². The highest BCUT2D eigenvalue weighted by Gasteiger charge is 1.30. The Balaban J connectivity index is 3.56. The molecule has 0 saturated carbocycles. The first-order chi connectivity index (χ1) is 3.06. The van der Waals surface area contributed by atoms with E-state index in [1.165, 1.54) is 0 Å². The molecule has 0 atom stereocenters. The molecule has 0 aromatic heterocycles. The number of nitrogens with two attached hydrogens (primary N) is 1. The van der Waals surface area contributed by atoms with Crippen LogP contribution in [-0.2, 0) is 0 Å². The third-order valence-electron chi connectivity index (χ3n) is 0.0577. The molecule has 0 rings (SSSR count). The van der Waals surface area contributed by atoms with Crippen LogP contribution in [0.1, 0.15) is 4.11 Å². The minimum Gasteiger partial charge on any atom is -0.305 e. The topological polar surface area (TPSA) is 50.7 Å². The van der Waals surface area contributed by atoms with Crippen LogP contribution in [0.4, 0.5) is 0 Å². The molecule has 0 aliphatic heterocycles. The van der Waals surface area contributed by atoms with Crippen molar-refractivity contribution in [1.82, 2.24) is 0 Å². The molecular weight excluding hydrogens is 54.0 g/mol. The Morgan fingerprint density at radius 3 is 3.00 bits per heavy atom. The molecule has 3 heteroatoms. The van der Waals surface area contributed by atoms with Crippen molar-refractivity contribution >= 4 is 0 Å². The minimum atomic E-state index is -2.37. The molecule has 2 N–H and O–H groups in total. The highest BCUT2D eigenvalue weighted by Crippen LogP contribution is 1.41. The van der Waals surface area contributed by atoms with E-state index in [-0.39, 0.29) is 0 Å². The van der Waals surface area contributed by atoms with Gasteiger partial charge >= 0.3 is 0 Å². The Morgan fingerprint density at radius 1 is 2.25 bits per heavy atom. The molecule has 0 aliphatic rings. The molecule has 0 aromatic carbocycles. The van der Waals surface area contributed by atoms with Gasteiger partial charge in [-0.2, -0.15) is 5.11 Å². The minimum absolute atomic E-state index is 2.37. The van der Waals surface area contributed by atoms with E-state index in [1.807, 2.05) is 0 Å². The van der Waals surface area contributed by atoms with E-state index in [0.717, 1.165) is 0 Å². The first kappa shape index (κ1) is 0.672. The second-order valence-electron chi connectivity index (χ2n) is 0.215. The van der Waals surface area contributed by atoms with Crippen LogP contribution in [0.25, 0.3) is 0 Å². The van der Waals surface area contributed by atoms with E-state index in [0.29, 0.717) is 0 Å². The van der Waals surface area contributed by atoms with Gasteiger partial charge in [-0.3, -0.25) is 0 Å². The van der Waals surface area contributed by atoms with Crippen LogP contribution in [0.15, 0.2) is 10.3 Å². The second-order valence-corrected chi connectivity index (χ2v) is 0.215. The van der Waals surface area contributed by atoms with Crippen molar-refractivity contribution < 1.29 is 4.11 Å². The molecule has 0 aliphatic carbocycles. The van der Waals surface area contributed by atoms with Crippen LogP contribution >= 0.6 is 0 Å². The molecule has 0 spiro atoms. The van der Waals surface area contributed by atoms with Crippen molar-refractivity contribution in [2.24, 2.45) is 16.2 Å². The van der Waals surface area contributed by atoms with Crippen molar-refractivity contribution in [3.63, 3.8) is 0 Å². The van der Waals surface area contributed by atoms with Gasteiger partial charge in [0.2, 0.25) is 0 Å². The molecular formula is CH5N3. The zero-order valence-corrected chi connectivity index (χ0v) is 1.97. The summed E-state index contributed by atoms with van der Waals surface area (Å²) in [4.78, 5) is 0. The monoisotopic (exact) mass is 62.1 g/mol. The molecule has 0 saturated heterocycles. The molecule has 4 heavy (non-hydrogen) atoms. The maximum absolute atomic E-state index is 6.32. The Bertz CT molecular complexity index is 72.7. The summed E-state index contributed by atoms with van der Waals surface area (Å²) < 4.78 is 19.0. The van der Waals surface area contributed by atoms with Crippen molar-refractivity contribution in [2.45, 2.75) is 0 Å². The van der Waals surface area contributed by atoms with Crippen molar-refractivity contribution in [3.8, 4) is 0 Å². The summed E-state index contributed by atoms with van der Waals surface area (Å²) in [6.07, 6.45) is 0. The number of hydrogen-bond acceptors (Lipinski definition) is 2. The number of hydrogen-bond donors (Lipinski definition) is 1. The largest absolute Gasteiger partial charge is 0.305 e. The summed E-state index contributed by atoms with van der Waals surface area (Å²) in [6, 6.07) is 0. The summed E-state index contributed by atoms with van der Waals surface area (Å²) in [6.45, 7) is -2.37. The van der Waals surface area contributed by atoms with E-state index in [2.05, 4.69) is 16.2 Å². The van der Waals surface area contributed by atoms with Gasteiger partial charge < -0.3 is 5.84 Å². The average Bonchev–Trinajstić information content (AvgIpc) is 1.30. The van der Waals surface area contributed by atoms with Gasteiger partial charge in [-0.05, 0) is 0 Å². The van der Waals surface area contributed by atoms with Crippen LogP contribution in [0.5, 0.6) is 0 Å². The first-order valence-electron chi connectivity index (χ1n) is 2.18. The van der Waals surface area contributed by atoms with Crippen LogP contribution in [-0.4, -0.2) is 6.98 Å². The molecule has 0 aromatic rings. The summed E-state index contributed by atoms with van der Waals surface area (Å²) in [5.41, 5.74) is 0. The highest BCUT2D eigenvalue weighted by molar-refractivity contribution is 3.89. The highest BCUT2D eigenvalue weighted by atomic mass is 15.3. The Labute approximate surface area is 28.7 Å². The van der Waals surface area contributed by atoms with E-state index < -0.39 is 6.98 Å². The second kappa shape index (κ2) is 2.40. The van der Waals surface area contributed by atoms with Crippen molar-refractivity contribution in [1.29, 1.82) is 0 Å². The predicted octanol–water partition coefficient (Wildman–Crippen LogP) is -0.0579. The Hall–Kier alpha value is -0.600. The third-order valence-corrected chi connectivity index (χ3v) is 0.0577. The van der Waals surface area contributed by atoms with Crippen LogP contribution in [0.3, 0.4) is 0 Å². The lowest BCUT2D eigenvalue weighted by molar-refractivity contribution is 1.02. The van der Waals surface area contributed by atoms with E-state index in [1.54, 1.807) is 0 Å². The molecule has 0 bridgehead atoms. The van der Waals surface area contributed by atoms with Gasteiger partial charge in [-0.15, -0.1) is 0 Å². The normalized spacial score (nSPS) is 23.5. The van der Waals surface area contributed by atoms with Gasteiger partial charge in [0.1, 0.15) is 0 Å². The van der Waals surface area contributed by atoms with Gasteiger partial charge in [0.05, 0.1) is 6.98 Å². The zero-order valence-electron chi connectivity index (χ0n) is 4.97. The summed E-state index contributed by atoms with van der Waals surface area (Å²) in [7, 11) is 0. The lowest BCUT2D eigenvalue weighted by Gasteiger charge is -1.55. The van der Waals surface area contributed by atoms with Crippen LogP contribution < -0.4 is 5.84 Å². The SMILES string of the molecule is [2H]C([2H])([2H])N=NN. The van der Waals surface area contributed by atoms with E-state index in [4.69, 9.17) is 4.11 Å². The molecule has 3 nitrogen and oxygen atoms in total. The summed E-state index contributed by atoms with van der Waals surface area (Å²) in [5.74, 6) is 4.41. The fraction of sp³-hybridized carbons (Fsp3) is 1.00. The fourth-order valence-corrected chi connectivity index (χ4v) is 0. The van der Waals surface area contributed by atoms with E-state index >= 15 is 0 Å². The summed E-state index contributed by atoms with van der Waals surface area (Å²) >= 11 is 0. The Morgan fingerprint density at radius 2 is 3.00 bits per heavy atom. The van der Waals surface area contributed by atoms with Gasteiger partial charge in [-0.25, -0.2) is 0 Å². The third kappa shape index (κ3) is 1.40. The average molecular weight is 62.1 g/mol. The van der Waals surface area contributed by atoms with Gasteiger partial charge in [0.25, 0.3) is 0 Å². The smallest absolute Gasteiger partial charge is 0.0508 e. The lowest BCUT2D eigenvalue weighted by atomic mass is 11.6.